The maximum atomic E-state index is 12.3. The second kappa shape index (κ2) is 9.67. The molecule has 2 N–H and O–H groups in total. The summed E-state index contributed by atoms with van der Waals surface area (Å²) in [5, 5.41) is 6.25. The molecule has 0 aliphatic rings. The standard InChI is InChI=1S/C20H27N3O2/c1-15(2)8-10-22-18-12-17(13-21-14-18)20(24)23-11-9-16-6-4-5-7-19(16)25-3/h4-7,12-15,22H,8-11H2,1-3H3,(H,23,24). The van der Waals surface area contributed by atoms with Crippen LogP contribution in [-0.2, 0) is 6.42 Å². The fraction of sp³-hybridized carbons (Fsp3) is 0.400. The predicted molar refractivity (Wildman–Crippen MR) is 101 cm³/mol. The van der Waals surface area contributed by atoms with E-state index >= 15 is 0 Å². The number of amides is 1. The summed E-state index contributed by atoms with van der Waals surface area (Å²) in [7, 11) is 1.65. The number of rotatable bonds is 9. The predicted octanol–water partition coefficient (Wildman–Crippen LogP) is 3.52. The van der Waals surface area contributed by atoms with Crippen molar-refractivity contribution in [2.24, 2.45) is 5.92 Å². The fourth-order valence-corrected chi connectivity index (χ4v) is 2.49. The van der Waals surface area contributed by atoms with Gasteiger partial charge in [-0.3, -0.25) is 9.78 Å². The Morgan fingerprint density at radius 3 is 2.76 bits per heavy atom. The molecule has 1 aromatic heterocycles. The SMILES string of the molecule is COc1ccccc1CCNC(=O)c1cncc(NCCC(C)C)c1. The molecule has 134 valence electrons. The Morgan fingerprint density at radius 1 is 1.20 bits per heavy atom. The minimum atomic E-state index is -0.116. The zero-order chi connectivity index (χ0) is 18.1. The number of benzene rings is 1. The molecule has 0 spiro atoms. The molecule has 2 rings (SSSR count). The molecule has 1 heterocycles. The number of carbonyl (C=O) groups excluding carboxylic acids is 1. The molecule has 0 saturated carbocycles. The third-order valence-electron chi connectivity index (χ3n) is 3.92. The van der Waals surface area contributed by atoms with E-state index in [1.807, 2.05) is 30.3 Å². The van der Waals surface area contributed by atoms with E-state index in [-0.39, 0.29) is 5.91 Å². The van der Waals surface area contributed by atoms with Gasteiger partial charge >= 0.3 is 0 Å². The zero-order valence-corrected chi connectivity index (χ0v) is 15.2. The van der Waals surface area contributed by atoms with E-state index in [1.165, 1.54) is 0 Å². The normalized spacial score (nSPS) is 10.6. The summed E-state index contributed by atoms with van der Waals surface area (Å²) in [6.07, 6.45) is 5.13. The van der Waals surface area contributed by atoms with Gasteiger partial charge in [-0.25, -0.2) is 0 Å². The van der Waals surface area contributed by atoms with E-state index in [9.17, 15) is 4.79 Å². The van der Waals surface area contributed by atoms with Crippen LogP contribution in [0.15, 0.2) is 42.7 Å². The molecule has 0 fully saturated rings. The molecule has 1 amide bonds. The van der Waals surface area contributed by atoms with E-state index in [2.05, 4.69) is 29.5 Å². The van der Waals surface area contributed by atoms with Gasteiger partial charge in [-0.1, -0.05) is 32.0 Å². The van der Waals surface area contributed by atoms with Crippen molar-refractivity contribution in [3.63, 3.8) is 0 Å². The Labute approximate surface area is 149 Å². The van der Waals surface area contributed by atoms with E-state index in [1.54, 1.807) is 19.5 Å². The first-order valence-corrected chi connectivity index (χ1v) is 8.69. The smallest absolute Gasteiger partial charge is 0.252 e. The van der Waals surface area contributed by atoms with Crippen molar-refractivity contribution in [2.75, 3.05) is 25.5 Å². The van der Waals surface area contributed by atoms with Crippen LogP contribution >= 0.6 is 0 Å². The number of hydrogen-bond acceptors (Lipinski definition) is 4. The quantitative estimate of drug-likeness (QED) is 0.732. The number of carbonyl (C=O) groups is 1. The molecule has 0 bridgehead atoms. The summed E-state index contributed by atoms with van der Waals surface area (Å²) in [5.41, 5.74) is 2.51. The molecule has 0 unspecified atom stereocenters. The number of aromatic nitrogens is 1. The fourth-order valence-electron chi connectivity index (χ4n) is 2.49. The number of hydrogen-bond donors (Lipinski definition) is 2. The Hall–Kier alpha value is -2.56. The van der Waals surface area contributed by atoms with Crippen LogP contribution in [0, 0.1) is 5.92 Å². The molecule has 0 atom stereocenters. The van der Waals surface area contributed by atoms with Crippen molar-refractivity contribution in [3.05, 3.63) is 53.9 Å². The molecular formula is C20H27N3O2. The highest BCUT2D eigenvalue weighted by Gasteiger charge is 2.08. The van der Waals surface area contributed by atoms with Crippen molar-refractivity contribution >= 4 is 11.6 Å². The lowest BCUT2D eigenvalue weighted by Gasteiger charge is -2.11. The number of nitrogens with one attached hydrogen (secondary N) is 2. The van der Waals surface area contributed by atoms with Crippen LogP contribution in [0.5, 0.6) is 5.75 Å². The summed E-state index contributed by atoms with van der Waals surface area (Å²) < 4.78 is 5.33. The van der Waals surface area contributed by atoms with E-state index in [4.69, 9.17) is 4.74 Å². The van der Waals surface area contributed by atoms with Gasteiger partial charge in [-0.15, -0.1) is 0 Å². The average molecular weight is 341 g/mol. The lowest BCUT2D eigenvalue weighted by Crippen LogP contribution is -2.26. The summed E-state index contributed by atoms with van der Waals surface area (Å²) in [5.74, 6) is 1.37. The van der Waals surface area contributed by atoms with Crippen molar-refractivity contribution in [3.8, 4) is 5.75 Å². The van der Waals surface area contributed by atoms with Crippen molar-refractivity contribution < 1.29 is 9.53 Å². The molecule has 0 aliphatic carbocycles. The van der Waals surface area contributed by atoms with E-state index in [0.717, 1.165) is 36.4 Å². The third kappa shape index (κ3) is 6.10. The average Bonchev–Trinajstić information content (AvgIpc) is 2.62. The van der Waals surface area contributed by atoms with Gasteiger partial charge in [-0.05, 0) is 36.5 Å². The van der Waals surface area contributed by atoms with Crippen LogP contribution in [0.4, 0.5) is 5.69 Å². The van der Waals surface area contributed by atoms with Crippen LogP contribution in [0.25, 0.3) is 0 Å². The van der Waals surface area contributed by atoms with Gasteiger partial charge in [0.15, 0.2) is 0 Å². The second-order valence-corrected chi connectivity index (χ2v) is 6.39. The van der Waals surface area contributed by atoms with Crippen molar-refractivity contribution in [1.29, 1.82) is 0 Å². The third-order valence-corrected chi connectivity index (χ3v) is 3.92. The van der Waals surface area contributed by atoms with Crippen molar-refractivity contribution in [2.45, 2.75) is 26.7 Å². The van der Waals surface area contributed by atoms with Gasteiger partial charge in [-0.2, -0.15) is 0 Å². The highest BCUT2D eigenvalue weighted by molar-refractivity contribution is 5.94. The maximum absolute atomic E-state index is 12.3. The van der Waals surface area contributed by atoms with E-state index < -0.39 is 0 Å². The van der Waals surface area contributed by atoms with Crippen LogP contribution in [0.1, 0.15) is 36.2 Å². The number of ether oxygens (including phenoxy) is 1. The Morgan fingerprint density at radius 2 is 2.00 bits per heavy atom. The van der Waals surface area contributed by atoms with E-state index in [0.29, 0.717) is 18.0 Å². The highest BCUT2D eigenvalue weighted by atomic mass is 16.5. The summed E-state index contributed by atoms with van der Waals surface area (Å²) >= 11 is 0. The van der Waals surface area contributed by atoms with Gasteiger partial charge in [0.25, 0.3) is 5.91 Å². The minimum absolute atomic E-state index is 0.116. The number of anilines is 1. The molecular weight excluding hydrogens is 314 g/mol. The highest BCUT2D eigenvalue weighted by Crippen LogP contribution is 2.17. The topological polar surface area (TPSA) is 63.2 Å². The van der Waals surface area contributed by atoms with Gasteiger partial charge in [0.1, 0.15) is 5.75 Å². The van der Waals surface area contributed by atoms with Gasteiger partial charge in [0.05, 0.1) is 18.4 Å². The molecule has 2 aromatic rings. The number of methoxy groups -OCH3 is 1. The van der Waals surface area contributed by atoms with Crippen LogP contribution in [0.2, 0.25) is 0 Å². The number of nitrogens with zero attached hydrogens (tertiary/aromatic N) is 1. The lowest BCUT2D eigenvalue weighted by atomic mass is 10.1. The molecule has 1 aromatic carbocycles. The minimum Gasteiger partial charge on any atom is -0.496 e. The first-order chi connectivity index (χ1) is 12.1. The van der Waals surface area contributed by atoms with Crippen molar-refractivity contribution in [1.82, 2.24) is 10.3 Å². The Balaban J connectivity index is 1.86. The second-order valence-electron chi connectivity index (χ2n) is 6.39. The monoisotopic (exact) mass is 341 g/mol. The maximum Gasteiger partial charge on any atom is 0.252 e. The summed E-state index contributed by atoms with van der Waals surface area (Å²) in [6, 6.07) is 9.67. The van der Waals surface area contributed by atoms with Crippen LogP contribution in [-0.4, -0.2) is 31.1 Å². The first kappa shape index (κ1) is 18.8. The largest absolute Gasteiger partial charge is 0.496 e. The summed E-state index contributed by atoms with van der Waals surface area (Å²) in [4.78, 5) is 16.5. The Bertz CT molecular complexity index is 686. The molecule has 5 heteroatoms. The summed E-state index contributed by atoms with van der Waals surface area (Å²) in [6.45, 7) is 5.79. The van der Waals surface area contributed by atoms with Gasteiger partial charge in [0.2, 0.25) is 0 Å². The van der Waals surface area contributed by atoms with Gasteiger partial charge in [0, 0.05) is 25.5 Å². The Kier molecular flexibility index (Phi) is 7.26. The zero-order valence-electron chi connectivity index (χ0n) is 15.2. The number of para-hydroxylation sites is 1. The van der Waals surface area contributed by atoms with Crippen LogP contribution in [0.3, 0.4) is 0 Å². The number of pyridine rings is 1. The molecule has 25 heavy (non-hydrogen) atoms. The van der Waals surface area contributed by atoms with Crippen LogP contribution < -0.4 is 15.4 Å². The van der Waals surface area contributed by atoms with Gasteiger partial charge < -0.3 is 15.4 Å². The first-order valence-electron chi connectivity index (χ1n) is 8.69. The molecule has 5 nitrogen and oxygen atoms in total. The molecule has 0 radical (unpaired) electrons. The molecule has 0 saturated heterocycles. The lowest BCUT2D eigenvalue weighted by molar-refractivity contribution is 0.0953. The molecule has 0 aliphatic heterocycles.